The molecule has 1 atom stereocenters. The second kappa shape index (κ2) is 21.3. The Balaban J connectivity index is 0.000000450. The van der Waals surface area contributed by atoms with Gasteiger partial charge in [0, 0.05) is 75.1 Å². The van der Waals surface area contributed by atoms with Crippen molar-refractivity contribution in [3.8, 4) is 0 Å². The number of piperazine rings is 1. The van der Waals surface area contributed by atoms with E-state index in [1.165, 1.54) is 22.3 Å². The Labute approximate surface area is 298 Å². The van der Waals surface area contributed by atoms with Crippen molar-refractivity contribution in [3.05, 3.63) is 130 Å². The van der Waals surface area contributed by atoms with Crippen molar-refractivity contribution in [2.75, 3.05) is 39.3 Å². The first kappa shape index (κ1) is 41.4. The third-order valence-electron chi connectivity index (χ3n) is 7.54. The summed E-state index contributed by atoms with van der Waals surface area (Å²) in [5.41, 5.74) is 5.56. The zero-order chi connectivity index (χ0) is 37.1. The molecule has 50 heavy (non-hydrogen) atoms. The van der Waals surface area contributed by atoms with Crippen LogP contribution in [-0.2, 0) is 31.1 Å². The Bertz CT molecular complexity index is 1500. The number of nitrogens with zero attached hydrogens (tertiary/aromatic N) is 2. The fourth-order valence-electron chi connectivity index (χ4n) is 4.92. The maximum atomic E-state index is 9.55. The van der Waals surface area contributed by atoms with Crippen molar-refractivity contribution < 1.29 is 39.6 Å². The molecule has 5 N–H and O–H groups in total. The molecule has 3 aromatic carbocycles. The first-order chi connectivity index (χ1) is 23.6. The summed E-state index contributed by atoms with van der Waals surface area (Å²) < 4.78 is 0. The molecule has 0 amide bonds. The molecule has 11 nitrogen and oxygen atoms in total. The van der Waals surface area contributed by atoms with E-state index in [0.717, 1.165) is 50.8 Å². The third kappa shape index (κ3) is 17.0. The first-order valence-corrected chi connectivity index (χ1v) is 16.4. The highest BCUT2D eigenvalue weighted by Crippen LogP contribution is 2.24. The van der Waals surface area contributed by atoms with Crippen molar-refractivity contribution in [1.82, 2.24) is 15.1 Å². The normalized spacial score (nSPS) is 14.2. The van der Waals surface area contributed by atoms with E-state index < -0.39 is 23.9 Å². The zero-order valence-electron chi connectivity index (χ0n) is 28.5. The van der Waals surface area contributed by atoms with Crippen molar-refractivity contribution in [3.63, 3.8) is 0 Å². The molecule has 0 aromatic heterocycles. The van der Waals surface area contributed by atoms with Gasteiger partial charge in [-0.2, -0.15) is 0 Å². The van der Waals surface area contributed by atoms with E-state index in [-0.39, 0.29) is 11.5 Å². The third-order valence-corrected chi connectivity index (χ3v) is 7.79. The fourth-order valence-corrected chi connectivity index (χ4v) is 5.05. The molecular formula is C38H46ClN3O8. The summed E-state index contributed by atoms with van der Waals surface area (Å²) in [7, 11) is 0. The molecule has 0 radical (unpaired) electrons. The van der Waals surface area contributed by atoms with E-state index >= 15 is 0 Å². The molecule has 1 fully saturated rings. The van der Waals surface area contributed by atoms with Gasteiger partial charge in [0.25, 0.3) is 0 Å². The van der Waals surface area contributed by atoms with Crippen LogP contribution in [0.5, 0.6) is 0 Å². The van der Waals surface area contributed by atoms with Crippen molar-refractivity contribution >= 4 is 35.5 Å². The minimum atomic E-state index is -1.26. The highest BCUT2D eigenvalue weighted by molar-refractivity contribution is 6.30. The lowest BCUT2D eigenvalue weighted by Crippen LogP contribution is -2.47. The van der Waals surface area contributed by atoms with E-state index in [1.54, 1.807) is 0 Å². The Morgan fingerprint density at radius 2 is 1.12 bits per heavy atom. The molecule has 1 aliphatic rings. The molecule has 0 aliphatic carbocycles. The molecule has 0 saturated carbocycles. The summed E-state index contributed by atoms with van der Waals surface area (Å²) >= 11 is 6.12. The summed E-state index contributed by atoms with van der Waals surface area (Å²) in [5, 5.41) is 35.8. The Morgan fingerprint density at radius 3 is 1.56 bits per heavy atom. The molecule has 3 aromatic rings. The van der Waals surface area contributed by atoms with Crippen LogP contribution < -0.4 is 5.32 Å². The average Bonchev–Trinajstić information content (AvgIpc) is 3.07. The molecular weight excluding hydrogens is 662 g/mol. The molecule has 1 aliphatic heterocycles. The number of nitrogens with one attached hydrogen (secondary N) is 1. The second-order valence-electron chi connectivity index (χ2n) is 12.4. The highest BCUT2D eigenvalue weighted by atomic mass is 35.5. The first-order valence-electron chi connectivity index (χ1n) is 16.0. The number of carboxylic acids is 4. The number of rotatable bonds is 12. The van der Waals surface area contributed by atoms with Crippen LogP contribution in [0.1, 0.15) is 49.1 Å². The van der Waals surface area contributed by atoms with Gasteiger partial charge in [-0.3, -0.25) is 9.80 Å². The topological polar surface area (TPSA) is 168 Å². The second-order valence-corrected chi connectivity index (χ2v) is 12.9. The molecule has 1 unspecified atom stereocenters. The minimum absolute atomic E-state index is 0.177. The predicted octanol–water partition coefficient (Wildman–Crippen LogP) is 5.56. The SMILES string of the molecule is CC(C)(C)c1ccc(CN2CCN(CCNC(c3ccccc3)c3ccc(Cl)cc3)CC2)cc1.O=C(O)/C=C\C(=O)O.O=C(O)/C=C\C(=O)O. The number of carboxylic acid groups (broad SMARTS) is 4. The van der Waals surface area contributed by atoms with Gasteiger partial charge in [-0.15, -0.1) is 0 Å². The number of benzene rings is 3. The summed E-state index contributed by atoms with van der Waals surface area (Å²) in [6.07, 6.45) is 2.23. The van der Waals surface area contributed by atoms with E-state index in [0.29, 0.717) is 24.3 Å². The summed E-state index contributed by atoms with van der Waals surface area (Å²) in [4.78, 5) is 43.4. The van der Waals surface area contributed by atoms with Gasteiger partial charge >= 0.3 is 23.9 Å². The molecule has 268 valence electrons. The van der Waals surface area contributed by atoms with Gasteiger partial charge in [0.2, 0.25) is 0 Å². The van der Waals surface area contributed by atoms with Gasteiger partial charge < -0.3 is 25.7 Å². The molecule has 0 spiro atoms. The van der Waals surface area contributed by atoms with Gasteiger partial charge in [0.1, 0.15) is 0 Å². The predicted molar refractivity (Wildman–Crippen MR) is 193 cm³/mol. The maximum absolute atomic E-state index is 9.55. The van der Waals surface area contributed by atoms with Gasteiger partial charge in [-0.25, -0.2) is 19.2 Å². The molecule has 0 bridgehead atoms. The quantitative estimate of drug-likeness (QED) is 0.150. The smallest absolute Gasteiger partial charge is 0.328 e. The Hall–Kier alpha value is -4.81. The lowest BCUT2D eigenvalue weighted by Gasteiger charge is -2.35. The van der Waals surface area contributed by atoms with Crippen LogP contribution in [0, 0.1) is 0 Å². The van der Waals surface area contributed by atoms with E-state index in [1.807, 2.05) is 12.1 Å². The monoisotopic (exact) mass is 707 g/mol. The number of aliphatic carboxylic acids is 4. The van der Waals surface area contributed by atoms with E-state index in [2.05, 4.69) is 103 Å². The number of halogens is 1. The standard InChI is InChI=1S/C30H38ClN3.2C4H4O4/c1-30(2,3)27-13-9-24(10-14-27)23-34-21-19-33(20-22-34)18-17-32-29(25-7-5-4-6-8-25)26-11-15-28(31)16-12-26;2*5-3(6)1-2-4(7)8/h4-16,29,32H,17-23H2,1-3H3;2*1-2H,(H,5,6)(H,7,8)/b;2*2-1-. The molecule has 1 saturated heterocycles. The molecule has 12 heteroatoms. The summed E-state index contributed by atoms with van der Waals surface area (Å²) in [6.45, 7) is 14.4. The van der Waals surface area contributed by atoms with Crippen LogP contribution in [0.4, 0.5) is 0 Å². The van der Waals surface area contributed by atoms with E-state index in [9.17, 15) is 19.2 Å². The largest absolute Gasteiger partial charge is 0.478 e. The molecule has 4 rings (SSSR count). The van der Waals surface area contributed by atoms with Crippen LogP contribution in [0.15, 0.2) is 103 Å². The highest BCUT2D eigenvalue weighted by Gasteiger charge is 2.19. The minimum Gasteiger partial charge on any atom is -0.478 e. The van der Waals surface area contributed by atoms with Crippen LogP contribution in [-0.4, -0.2) is 93.4 Å². The zero-order valence-corrected chi connectivity index (χ0v) is 29.3. The van der Waals surface area contributed by atoms with Gasteiger partial charge in [0.15, 0.2) is 0 Å². The van der Waals surface area contributed by atoms with Gasteiger partial charge in [-0.05, 0) is 39.8 Å². The van der Waals surface area contributed by atoms with Crippen molar-refractivity contribution in [1.29, 1.82) is 0 Å². The van der Waals surface area contributed by atoms with Crippen LogP contribution >= 0.6 is 11.6 Å². The lowest BCUT2D eigenvalue weighted by molar-refractivity contribution is -0.134. The summed E-state index contributed by atoms with van der Waals surface area (Å²) in [6, 6.07) is 28.2. The maximum Gasteiger partial charge on any atom is 0.328 e. The number of hydrogen-bond acceptors (Lipinski definition) is 7. The number of carbonyl (C=O) groups is 4. The van der Waals surface area contributed by atoms with Crippen molar-refractivity contribution in [2.24, 2.45) is 0 Å². The average molecular weight is 708 g/mol. The van der Waals surface area contributed by atoms with Gasteiger partial charge in [-0.1, -0.05) is 99.1 Å². The van der Waals surface area contributed by atoms with Gasteiger partial charge in [0.05, 0.1) is 6.04 Å². The Kier molecular flexibility index (Phi) is 17.6. The Morgan fingerprint density at radius 1 is 0.680 bits per heavy atom. The van der Waals surface area contributed by atoms with Crippen LogP contribution in [0.25, 0.3) is 0 Å². The summed E-state index contributed by atoms with van der Waals surface area (Å²) in [5.74, 6) is -5.03. The number of hydrogen-bond donors (Lipinski definition) is 5. The van der Waals surface area contributed by atoms with E-state index in [4.69, 9.17) is 32.0 Å². The van der Waals surface area contributed by atoms with Crippen molar-refractivity contribution in [2.45, 2.75) is 38.8 Å². The van der Waals surface area contributed by atoms with Crippen LogP contribution in [0.2, 0.25) is 5.02 Å². The lowest BCUT2D eigenvalue weighted by atomic mass is 9.87. The fraction of sp³-hybridized carbons (Fsp3) is 0.316. The molecule has 1 heterocycles. The van der Waals surface area contributed by atoms with Crippen LogP contribution in [0.3, 0.4) is 0 Å².